The third-order valence-electron chi connectivity index (χ3n) is 2.14. The molecule has 0 radical (unpaired) electrons. The Bertz CT molecular complexity index is 468. The van der Waals surface area contributed by atoms with Crippen LogP contribution in [0.1, 0.15) is 19.8 Å². The average molecular weight is 267 g/mol. The van der Waals surface area contributed by atoms with Crippen molar-refractivity contribution in [2.24, 2.45) is 0 Å². The quantitative estimate of drug-likeness (QED) is 0.258. The van der Waals surface area contributed by atoms with E-state index in [1.807, 2.05) is 0 Å². The Morgan fingerprint density at radius 1 is 1.26 bits per heavy atom. The zero-order valence-electron chi connectivity index (χ0n) is 10.3. The van der Waals surface area contributed by atoms with Crippen molar-refractivity contribution in [1.82, 2.24) is 0 Å². The van der Waals surface area contributed by atoms with E-state index in [9.17, 15) is 19.7 Å². The van der Waals surface area contributed by atoms with Crippen molar-refractivity contribution >= 4 is 17.6 Å². The van der Waals surface area contributed by atoms with Gasteiger partial charge >= 0.3 is 6.16 Å². The first-order chi connectivity index (χ1) is 8.99. The van der Waals surface area contributed by atoms with Crippen LogP contribution in [0.25, 0.3) is 0 Å². The molecule has 0 amide bonds. The molecule has 102 valence electrons. The van der Waals surface area contributed by atoms with Gasteiger partial charge in [-0.1, -0.05) is 0 Å². The number of ketones is 1. The molecule has 1 aromatic carbocycles. The third kappa shape index (κ3) is 5.62. The van der Waals surface area contributed by atoms with Crippen molar-refractivity contribution < 1.29 is 24.0 Å². The zero-order valence-corrected chi connectivity index (χ0v) is 10.3. The molecule has 0 heterocycles. The van der Waals surface area contributed by atoms with E-state index in [0.717, 1.165) is 0 Å². The number of benzene rings is 1. The first-order valence-electron chi connectivity index (χ1n) is 5.57. The molecule has 0 aliphatic rings. The Labute approximate surface area is 109 Å². The molecule has 0 atom stereocenters. The van der Waals surface area contributed by atoms with Crippen LogP contribution in [0.2, 0.25) is 0 Å². The topological polar surface area (TPSA) is 95.7 Å². The van der Waals surface area contributed by atoms with E-state index in [0.29, 0.717) is 12.8 Å². The summed E-state index contributed by atoms with van der Waals surface area (Å²) < 4.78 is 9.51. The van der Waals surface area contributed by atoms with Gasteiger partial charge < -0.3 is 14.3 Å². The predicted molar refractivity (Wildman–Crippen MR) is 65.0 cm³/mol. The molecule has 0 unspecified atom stereocenters. The highest BCUT2D eigenvalue weighted by atomic mass is 16.7. The highest BCUT2D eigenvalue weighted by Crippen LogP contribution is 2.17. The minimum atomic E-state index is -0.905. The fourth-order valence-corrected chi connectivity index (χ4v) is 1.24. The van der Waals surface area contributed by atoms with Gasteiger partial charge in [0.15, 0.2) is 0 Å². The summed E-state index contributed by atoms with van der Waals surface area (Å²) in [5, 5.41) is 10.4. The second kappa shape index (κ2) is 7.10. The Morgan fingerprint density at radius 2 is 1.89 bits per heavy atom. The lowest BCUT2D eigenvalue weighted by molar-refractivity contribution is -0.384. The van der Waals surface area contributed by atoms with Crippen LogP contribution in [0, 0.1) is 10.1 Å². The van der Waals surface area contributed by atoms with Crippen molar-refractivity contribution in [3.05, 3.63) is 34.4 Å². The summed E-state index contributed by atoms with van der Waals surface area (Å²) >= 11 is 0. The van der Waals surface area contributed by atoms with Crippen LogP contribution in [0.5, 0.6) is 5.75 Å². The maximum absolute atomic E-state index is 11.2. The van der Waals surface area contributed by atoms with Crippen molar-refractivity contribution in [3.8, 4) is 5.75 Å². The second-order valence-electron chi connectivity index (χ2n) is 3.76. The fraction of sp³-hybridized carbons (Fsp3) is 0.333. The maximum atomic E-state index is 11.2. The molecule has 1 aromatic rings. The lowest BCUT2D eigenvalue weighted by Crippen LogP contribution is -2.12. The highest BCUT2D eigenvalue weighted by Gasteiger charge is 2.09. The summed E-state index contributed by atoms with van der Waals surface area (Å²) in [6, 6.07) is 5.04. The van der Waals surface area contributed by atoms with E-state index in [2.05, 4.69) is 0 Å². The van der Waals surface area contributed by atoms with Gasteiger partial charge in [-0.05, 0) is 25.5 Å². The summed E-state index contributed by atoms with van der Waals surface area (Å²) in [6.45, 7) is 1.54. The first-order valence-corrected chi connectivity index (χ1v) is 5.57. The van der Waals surface area contributed by atoms with Crippen molar-refractivity contribution in [2.45, 2.75) is 19.8 Å². The van der Waals surface area contributed by atoms with Gasteiger partial charge in [0.05, 0.1) is 11.5 Å². The normalized spacial score (nSPS) is 9.74. The summed E-state index contributed by atoms with van der Waals surface area (Å²) in [4.78, 5) is 31.7. The van der Waals surface area contributed by atoms with E-state index in [4.69, 9.17) is 9.47 Å². The monoisotopic (exact) mass is 267 g/mol. The molecule has 0 bridgehead atoms. The molecule has 0 aliphatic heterocycles. The highest BCUT2D eigenvalue weighted by molar-refractivity contribution is 5.75. The number of non-ortho nitro benzene ring substituents is 1. The first kappa shape index (κ1) is 14.6. The maximum Gasteiger partial charge on any atom is 0.513 e. The second-order valence-corrected chi connectivity index (χ2v) is 3.76. The standard InChI is InChI=1S/C12H13NO6/c1-9(14)3-2-8-18-12(15)19-11-6-4-10(5-7-11)13(16)17/h4-7H,2-3,8H2,1H3. The fourth-order valence-electron chi connectivity index (χ4n) is 1.24. The molecular formula is C12H13NO6. The Kier molecular flexibility index (Phi) is 5.46. The average Bonchev–Trinajstić information content (AvgIpc) is 2.35. The van der Waals surface area contributed by atoms with Gasteiger partial charge in [-0.3, -0.25) is 10.1 Å². The van der Waals surface area contributed by atoms with Gasteiger partial charge in [-0.25, -0.2) is 4.79 Å². The number of Topliss-reactive ketones (excluding diaryl/α,β-unsaturated/α-hetero) is 1. The molecule has 0 spiro atoms. The molecule has 19 heavy (non-hydrogen) atoms. The van der Waals surface area contributed by atoms with Crippen LogP contribution < -0.4 is 4.74 Å². The van der Waals surface area contributed by atoms with E-state index in [-0.39, 0.29) is 23.8 Å². The zero-order chi connectivity index (χ0) is 14.3. The van der Waals surface area contributed by atoms with E-state index in [1.165, 1.54) is 31.2 Å². The molecule has 7 nitrogen and oxygen atoms in total. The molecule has 0 aliphatic carbocycles. The number of nitro groups is 1. The molecule has 7 heteroatoms. The Hall–Kier alpha value is -2.44. The van der Waals surface area contributed by atoms with Gasteiger partial charge in [0.1, 0.15) is 11.5 Å². The minimum absolute atomic E-state index is 0.0207. The van der Waals surface area contributed by atoms with Gasteiger partial charge in [0.2, 0.25) is 0 Å². The third-order valence-corrected chi connectivity index (χ3v) is 2.14. The smallest absolute Gasteiger partial charge is 0.434 e. The summed E-state index contributed by atoms with van der Waals surface area (Å²) in [6.07, 6.45) is -0.132. The summed E-state index contributed by atoms with van der Waals surface area (Å²) in [5.74, 6) is 0.175. The van der Waals surface area contributed by atoms with Crippen LogP contribution in [-0.2, 0) is 9.53 Å². The Morgan fingerprint density at radius 3 is 2.42 bits per heavy atom. The number of rotatable bonds is 6. The van der Waals surface area contributed by atoms with Crippen LogP contribution in [0.15, 0.2) is 24.3 Å². The number of nitrogens with zero attached hydrogens (tertiary/aromatic N) is 1. The van der Waals surface area contributed by atoms with Crippen molar-refractivity contribution in [2.75, 3.05) is 6.61 Å². The van der Waals surface area contributed by atoms with Gasteiger partial charge in [0.25, 0.3) is 5.69 Å². The molecule has 0 aromatic heterocycles. The van der Waals surface area contributed by atoms with Crippen LogP contribution in [0.4, 0.5) is 10.5 Å². The number of carbonyl (C=O) groups is 2. The number of hydrogen-bond acceptors (Lipinski definition) is 6. The molecule has 0 saturated heterocycles. The SMILES string of the molecule is CC(=O)CCCOC(=O)Oc1ccc([N+](=O)[O-])cc1. The lowest BCUT2D eigenvalue weighted by Gasteiger charge is -2.05. The van der Waals surface area contributed by atoms with Crippen LogP contribution in [0.3, 0.4) is 0 Å². The molecule has 0 saturated carbocycles. The summed E-state index contributed by atoms with van der Waals surface area (Å²) in [5.41, 5.74) is -0.0952. The van der Waals surface area contributed by atoms with Crippen molar-refractivity contribution in [3.63, 3.8) is 0 Å². The van der Waals surface area contributed by atoms with Gasteiger partial charge in [-0.15, -0.1) is 0 Å². The van der Waals surface area contributed by atoms with E-state index >= 15 is 0 Å². The number of hydrogen-bond donors (Lipinski definition) is 0. The minimum Gasteiger partial charge on any atom is -0.434 e. The largest absolute Gasteiger partial charge is 0.513 e. The van der Waals surface area contributed by atoms with Crippen LogP contribution in [-0.4, -0.2) is 23.5 Å². The molecule has 0 N–H and O–H groups in total. The van der Waals surface area contributed by atoms with Crippen LogP contribution >= 0.6 is 0 Å². The van der Waals surface area contributed by atoms with E-state index in [1.54, 1.807) is 0 Å². The Balaban J connectivity index is 2.35. The predicted octanol–water partition coefficient (Wildman–Crippen LogP) is 2.48. The number of ether oxygens (including phenoxy) is 2. The molecular weight excluding hydrogens is 254 g/mol. The van der Waals surface area contributed by atoms with Gasteiger partial charge in [0, 0.05) is 18.6 Å². The molecule has 0 fully saturated rings. The van der Waals surface area contributed by atoms with Crippen molar-refractivity contribution in [1.29, 1.82) is 0 Å². The molecule has 1 rings (SSSR count). The number of carbonyl (C=O) groups excluding carboxylic acids is 2. The summed E-state index contributed by atoms with van der Waals surface area (Å²) in [7, 11) is 0. The van der Waals surface area contributed by atoms with E-state index < -0.39 is 11.1 Å². The number of nitro benzene ring substituents is 1. The van der Waals surface area contributed by atoms with Gasteiger partial charge in [-0.2, -0.15) is 0 Å². The lowest BCUT2D eigenvalue weighted by atomic mass is 10.2.